The van der Waals surface area contributed by atoms with Gasteiger partial charge in [0, 0.05) is 6.04 Å². The molecule has 2 aliphatic heterocycles. The first kappa shape index (κ1) is 12.6. The number of piperidine rings is 1. The minimum Gasteiger partial charge on any atom is -0.310 e. The molecule has 0 spiro atoms. The molecule has 1 aromatic rings. The summed E-state index contributed by atoms with van der Waals surface area (Å²) < 4.78 is 0. The van der Waals surface area contributed by atoms with Gasteiger partial charge in [-0.15, -0.1) is 0 Å². The third-order valence-corrected chi connectivity index (χ3v) is 5.39. The van der Waals surface area contributed by atoms with E-state index in [1.165, 1.54) is 50.2 Å². The maximum atomic E-state index is 3.71. The van der Waals surface area contributed by atoms with E-state index >= 15 is 0 Å². The molecule has 98 valence electrons. The highest BCUT2D eigenvalue weighted by Crippen LogP contribution is 2.36. The predicted octanol–water partition coefficient (Wildman–Crippen LogP) is 4.11. The normalized spacial score (nSPS) is 26.1. The SMILES string of the molecule is c1ccc(C2CCCCN2)c(C2CCSCC2)c1. The van der Waals surface area contributed by atoms with Crippen molar-refractivity contribution in [2.45, 2.75) is 44.1 Å². The third-order valence-electron chi connectivity index (χ3n) is 4.34. The highest BCUT2D eigenvalue weighted by Gasteiger charge is 2.23. The Morgan fingerprint density at radius 1 is 0.944 bits per heavy atom. The van der Waals surface area contributed by atoms with Gasteiger partial charge in [-0.2, -0.15) is 11.8 Å². The van der Waals surface area contributed by atoms with Gasteiger partial charge in [-0.25, -0.2) is 0 Å². The van der Waals surface area contributed by atoms with Crippen LogP contribution in [0, 0.1) is 0 Å². The fraction of sp³-hybridized carbons (Fsp3) is 0.625. The molecule has 2 heteroatoms. The number of nitrogens with one attached hydrogen (secondary N) is 1. The Bertz CT molecular complexity index is 341. The second-order valence-corrected chi connectivity index (χ2v) is 6.74. The van der Waals surface area contributed by atoms with Gasteiger partial charge in [0.25, 0.3) is 0 Å². The van der Waals surface area contributed by atoms with Crippen molar-refractivity contribution in [3.8, 4) is 0 Å². The van der Waals surface area contributed by atoms with Gasteiger partial charge < -0.3 is 5.32 Å². The maximum Gasteiger partial charge on any atom is 0.0323 e. The summed E-state index contributed by atoms with van der Waals surface area (Å²) in [6.07, 6.45) is 6.78. The zero-order chi connectivity index (χ0) is 12.2. The average Bonchev–Trinajstić information content (AvgIpc) is 2.49. The molecule has 2 aliphatic rings. The Balaban J connectivity index is 1.83. The Morgan fingerprint density at radius 2 is 1.72 bits per heavy atom. The Morgan fingerprint density at radius 3 is 2.44 bits per heavy atom. The molecule has 1 atom stereocenters. The lowest BCUT2D eigenvalue weighted by atomic mass is 9.85. The van der Waals surface area contributed by atoms with Crippen LogP contribution in [0.25, 0.3) is 0 Å². The van der Waals surface area contributed by atoms with Crippen LogP contribution in [0.3, 0.4) is 0 Å². The van der Waals surface area contributed by atoms with Gasteiger partial charge in [-0.3, -0.25) is 0 Å². The van der Waals surface area contributed by atoms with Crippen LogP contribution in [0.4, 0.5) is 0 Å². The smallest absolute Gasteiger partial charge is 0.0323 e. The van der Waals surface area contributed by atoms with Gasteiger partial charge in [0.05, 0.1) is 0 Å². The summed E-state index contributed by atoms with van der Waals surface area (Å²) in [4.78, 5) is 0. The summed E-state index contributed by atoms with van der Waals surface area (Å²) >= 11 is 2.12. The number of benzene rings is 1. The van der Waals surface area contributed by atoms with Crippen molar-refractivity contribution in [1.29, 1.82) is 0 Å². The number of rotatable bonds is 2. The van der Waals surface area contributed by atoms with Gasteiger partial charge in [0.1, 0.15) is 0 Å². The summed E-state index contributed by atoms with van der Waals surface area (Å²) in [5.74, 6) is 3.50. The largest absolute Gasteiger partial charge is 0.310 e. The van der Waals surface area contributed by atoms with Crippen LogP contribution in [-0.4, -0.2) is 18.1 Å². The lowest BCUT2D eigenvalue weighted by molar-refractivity contribution is 0.407. The van der Waals surface area contributed by atoms with E-state index in [-0.39, 0.29) is 0 Å². The molecule has 2 fully saturated rings. The van der Waals surface area contributed by atoms with Crippen LogP contribution < -0.4 is 5.32 Å². The van der Waals surface area contributed by atoms with Crippen LogP contribution in [0.15, 0.2) is 24.3 Å². The molecule has 0 amide bonds. The zero-order valence-corrected chi connectivity index (χ0v) is 11.8. The molecule has 2 heterocycles. The minimum absolute atomic E-state index is 0.615. The van der Waals surface area contributed by atoms with Crippen molar-refractivity contribution in [1.82, 2.24) is 5.32 Å². The van der Waals surface area contributed by atoms with Gasteiger partial charge in [-0.05, 0) is 60.8 Å². The first-order valence-electron chi connectivity index (χ1n) is 7.35. The zero-order valence-electron chi connectivity index (χ0n) is 11.0. The summed E-state index contributed by atoms with van der Waals surface area (Å²) in [6.45, 7) is 1.19. The number of hydrogen-bond acceptors (Lipinski definition) is 2. The van der Waals surface area contributed by atoms with Crippen molar-refractivity contribution in [2.24, 2.45) is 0 Å². The first-order chi connectivity index (χ1) is 8.95. The summed E-state index contributed by atoms with van der Waals surface area (Å²) in [5, 5.41) is 3.71. The number of thioether (sulfide) groups is 1. The Kier molecular flexibility index (Phi) is 4.27. The van der Waals surface area contributed by atoms with Crippen molar-refractivity contribution in [3.63, 3.8) is 0 Å². The molecular weight excluding hydrogens is 238 g/mol. The van der Waals surface area contributed by atoms with Crippen molar-refractivity contribution in [2.75, 3.05) is 18.1 Å². The molecule has 0 bridgehead atoms. The van der Waals surface area contributed by atoms with E-state index in [2.05, 4.69) is 41.3 Å². The van der Waals surface area contributed by atoms with Gasteiger partial charge in [0.2, 0.25) is 0 Å². The van der Waals surface area contributed by atoms with Crippen molar-refractivity contribution >= 4 is 11.8 Å². The van der Waals surface area contributed by atoms with Crippen LogP contribution in [-0.2, 0) is 0 Å². The fourth-order valence-electron chi connectivity index (χ4n) is 3.33. The van der Waals surface area contributed by atoms with Crippen molar-refractivity contribution < 1.29 is 0 Å². The molecule has 1 N–H and O–H groups in total. The fourth-order valence-corrected chi connectivity index (χ4v) is 4.43. The van der Waals surface area contributed by atoms with Gasteiger partial charge in [0.15, 0.2) is 0 Å². The molecule has 0 saturated carbocycles. The summed E-state index contributed by atoms with van der Waals surface area (Å²) in [6, 6.07) is 9.80. The second-order valence-electron chi connectivity index (χ2n) is 5.52. The van der Waals surface area contributed by atoms with E-state index in [1.54, 1.807) is 11.1 Å². The van der Waals surface area contributed by atoms with E-state index in [0.29, 0.717) is 6.04 Å². The predicted molar refractivity (Wildman–Crippen MR) is 80.3 cm³/mol. The highest BCUT2D eigenvalue weighted by molar-refractivity contribution is 7.99. The van der Waals surface area contributed by atoms with Crippen LogP contribution in [0.2, 0.25) is 0 Å². The molecule has 1 aromatic carbocycles. The Labute approximate surface area is 115 Å². The van der Waals surface area contributed by atoms with Gasteiger partial charge in [-0.1, -0.05) is 30.7 Å². The van der Waals surface area contributed by atoms with Crippen LogP contribution in [0.5, 0.6) is 0 Å². The molecule has 0 radical (unpaired) electrons. The first-order valence-corrected chi connectivity index (χ1v) is 8.50. The van der Waals surface area contributed by atoms with Gasteiger partial charge >= 0.3 is 0 Å². The van der Waals surface area contributed by atoms with Crippen LogP contribution >= 0.6 is 11.8 Å². The topological polar surface area (TPSA) is 12.0 Å². The molecule has 0 aromatic heterocycles. The van der Waals surface area contributed by atoms with Crippen molar-refractivity contribution in [3.05, 3.63) is 35.4 Å². The lowest BCUT2D eigenvalue weighted by Gasteiger charge is -2.30. The third kappa shape index (κ3) is 2.75. The monoisotopic (exact) mass is 261 g/mol. The second kappa shape index (κ2) is 6.12. The van der Waals surface area contributed by atoms with E-state index in [9.17, 15) is 0 Å². The van der Waals surface area contributed by atoms with E-state index < -0.39 is 0 Å². The summed E-state index contributed by atoms with van der Waals surface area (Å²) in [5.41, 5.74) is 3.23. The number of hydrogen-bond donors (Lipinski definition) is 1. The maximum absolute atomic E-state index is 3.71. The molecule has 2 saturated heterocycles. The molecule has 1 nitrogen and oxygen atoms in total. The van der Waals surface area contributed by atoms with Crippen LogP contribution in [0.1, 0.15) is 55.2 Å². The quantitative estimate of drug-likeness (QED) is 0.860. The molecule has 3 rings (SSSR count). The molecule has 1 unspecified atom stereocenters. The minimum atomic E-state index is 0.615. The summed E-state index contributed by atoms with van der Waals surface area (Å²) in [7, 11) is 0. The average molecular weight is 261 g/mol. The lowest BCUT2D eigenvalue weighted by Crippen LogP contribution is -2.28. The molecule has 0 aliphatic carbocycles. The van der Waals surface area contributed by atoms with E-state index in [0.717, 1.165) is 5.92 Å². The standard InChI is InChI=1S/C16H23NS/c1-2-6-15(16-7-3-4-10-17-16)14(5-1)13-8-11-18-12-9-13/h1-2,5-6,13,16-17H,3-4,7-12H2. The van der Waals surface area contributed by atoms with E-state index in [1.807, 2.05) is 0 Å². The highest BCUT2D eigenvalue weighted by atomic mass is 32.2. The molecule has 18 heavy (non-hydrogen) atoms. The molecular formula is C16H23NS. The Hall–Kier alpha value is -0.470. The van der Waals surface area contributed by atoms with E-state index in [4.69, 9.17) is 0 Å².